The summed E-state index contributed by atoms with van der Waals surface area (Å²) in [6.07, 6.45) is 0. The van der Waals surface area contributed by atoms with Crippen LogP contribution in [0, 0.1) is 10.7 Å². The molecular weight excluding hydrogens is 512 g/mol. The van der Waals surface area contributed by atoms with E-state index < -0.39 is 29.8 Å². The van der Waals surface area contributed by atoms with Gasteiger partial charge in [-0.2, -0.15) is 5.26 Å². The number of nitrogens with zero attached hydrogens (tertiary/aromatic N) is 1. The number of benzene rings is 1. The Morgan fingerprint density at radius 3 is 1.27 bits per heavy atom. The van der Waals surface area contributed by atoms with Crippen molar-refractivity contribution in [3.05, 3.63) is 35.9 Å². The molecule has 0 aliphatic rings. The number of hydrogen-bond donors (Lipinski definition) is 9. The highest BCUT2D eigenvalue weighted by Crippen LogP contribution is 1.96. The zero-order valence-electron chi connectivity index (χ0n) is 21.7. The Kier molecular flexibility index (Phi) is 53.5. The third kappa shape index (κ3) is 196. The first kappa shape index (κ1) is 46.6. The minimum absolute atomic E-state index is 0.707. The van der Waals surface area contributed by atoms with Gasteiger partial charge < -0.3 is 41.9 Å². The number of aliphatic carboxylic acids is 5. The molecule has 0 amide bonds. The van der Waals surface area contributed by atoms with E-state index in [1.165, 1.54) is 11.0 Å². The molecule has 1 aromatic rings. The number of hydrogen-bond acceptors (Lipinski definition) is 10. The van der Waals surface area contributed by atoms with Gasteiger partial charge in [-0.15, -0.1) is 0 Å². The van der Waals surface area contributed by atoms with Crippen LogP contribution in [0.25, 0.3) is 0 Å². The van der Waals surface area contributed by atoms with Crippen molar-refractivity contribution in [2.45, 2.75) is 41.2 Å². The molecular formula is C22H40N4O10S. The Bertz CT molecular complexity index is 640. The van der Waals surface area contributed by atoms with E-state index in [4.69, 9.17) is 60.5 Å². The molecule has 1 aromatic carbocycles. The maximum absolute atomic E-state index is 9.00. The summed E-state index contributed by atoms with van der Waals surface area (Å²) in [5.74, 6) is -4.17. The van der Waals surface area contributed by atoms with Gasteiger partial charge in [-0.1, -0.05) is 43.0 Å². The molecule has 0 atom stereocenters. The van der Waals surface area contributed by atoms with Gasteiger partial charge in [0.1, 0.15) is 5.40 Å². The number of nitrogens with two attached hydrogens (primary N) is 1. The number of rotatable bonds is 7. The van der Waals surface area contributed by atoms with Crippen molar-refractivity contribution in [3.8, 4) is 5.40 Å². The second kappa shape index (κ2) is 42.4. The summed E-state index contributed by atoms with van der Waals surface area (Å²) in [6.45, 7) is 9.91. The first-order valence-electron chi connectivity index (χ1n) is 10.2. The molecule has 214 valence electrons. The molecule has 0 saturated carbocycles. The van der Waals surface area contributed by atoms with E-state index >= 15 is 0 Å². The highest BCUT2D eigenvalue weighted by molar-refractivity contribution is 7.85. The summed E-state index contributed by atoms with van der Waals surface area (Å²) in [5, 5.41) is 52.3. The van der Waals surface area contributed by atoms with E-state index in [1.54, 1.807) is 0 Å². The average Bonchev–Trinajstić information content (AvgIpc) is 2.70. The van der Waals surface area contributed by atoms with E-state index in [-0.39, 0.29) is 0 Å². The Hall–Kier alpha value is -3.71. The van der Waals surface area contributed by atoms with Gasteiger partial charge in [-0.25, -0.2) is 0 Å². The lowest BCUT2D eigenvalue weighted by Gasteiger charge is -2.05. The Morgan fingerprint density at radius 2 is 1.00 bits per heavy atom. The molecule has 0 fully saturated rings. The number of thiol groups is 1. The van der Waals surface area contributed by atoms with Crippen molar-refractivity contribution in [2.24, 2.45) is 5.73 Å². The van der Waals surface area contributed by atoms with Crippen molar-refractivity contribution in [2.75, 3.05) is 26.2 Å². The molecule has 0 heterocycles. The lowest BCUT2D eigenvalue weighted by molar-refractivity contribution is -0.135. The van der Waals surface area contributed by atoms with Crippen molar-refractivity contribution < 1.29 is 49.5 Å². The van der Waals surface area contributed by atoms with Crippen LogP contribution < -0.4 is 16.4 Å². The van der Waals surface area contributed by atoms with Gasteiger partial charge in [0.2, 0.25) is 0 Å². The van der Waals surface area contributed by atoms with Crippen LogP contribution in [0.15, 0.2) is 30.3 Å². The minimum Gasteiger partial charge on any atom is -0.481 e. The van der Waals surface area contributed by atoms with Crippen LogP contribution in [0.5, 0.6) is 0 Å². The van der Waals surface area contributed by atoms with Gasteiger partial charge in [-0.05, 0) is 5.56 Å². The third-order valence-corrected chi connectivity index (χ3v) is 1.97. The van der Waals surface area contributed by atoms with Crippen LogP contribution in [0.4, 0.5) is 0 Å². The highest BCUT2D eigenvalue weighted by atomic mass is 32.1. The van der Waals surface area contributed by atoms with Gasteiger partial charge in [0.25, 0.3) is 29.8 Å². The summed E-state index contributed by atoms with van der Waals surface area (Å²) in [6, 6.07) is 10.4. The average molecular weight is 553 g/mol. The summed E-state index contributed by atoms with van der Waals surface area (Å²) in [4.78, 5) is 45.0. The van der Waals surface area contributed by atoms with Gasteiger partial charge in [0.15, 0.2) is 0 Å². The van der Waals surface area contributed by atoms with Crippen molar-refractivity contribution in [3.63, 3.8) is 0 Å². The summed E-state index contributed by atoms with van der Waals surface area (Å²) in [5.41, 5.74) is 6.68. The minimum atomic E-state index is -0.833. The van der Waals surface area contributed by atoms with Crippen LogP contribution in [0.2, 0.25) is 0 Å². The largest absolute Gasteiger partial charge is 0.481 e. The molecule has 1 rings (SSSR count). The standard InChI is InChI=1S/C11H19N3.5C2H4O2.CHNS/c12-6-7-13-8-9-14-10-11-4-2-1-3-5-11;5*1-2(3)4;2-1-3/h1-5,13-14H,6-10,12H2;5*1H3,(H,3,4);3H. The number of carbonyl (C=O) groups is 5. The summed E-state index contributed by atoms with van der Waals surface area (Å²) < 4.78 is 0. The molecule has 15 heteroatoms. The molecule has 0 aliphatic heterocycles. The lowest BCUT2D eigenvalue weighted by atomic mass is 10.2. The van der Waals surface area contributed by atoms with Crippen molar-refractivity contribution in [1.82, 2.24) is 10.6 Å². The van der Waals surface area contributed by atoms with Crippen LogP contribution in [-0.2, 0) is 30.5 Å². The molecule has 0 spiro atoms. The molecule has 0 bridgehead atoms. The van der Waals surface area contributed by atoms with Crippen LogP contribution >= 0.6 is 12.6 Å². The summed E-state index contributed by atoms with van der Waals surface area (Å²) in [7, 11) is 0. The van der Waals surface area contributed by atoms with Gasteiger partial charge in [0.05, 0.1) is 0 Å². The highest BCUT2D eigenvalue weighted by Gasteiger charge is 1.89. The second-order valence-corrected chi connectivity index (χ2v) is 6.10. The molecule has 0 radical (unpaired) electrons. The zero-order chi connectivity index (χ0) is 30.7. The first-order chi connectivity index (χ1) is 17.0. The molecule has 9 N–H and O–H groups in total. The second-order valence-electron chi connectivity index (χ2n) is 5.90. The molecule has 0 unspecified atom stereocenters. The maximum Gasteiger partial charge on any atom is 0.300 e. The fraction of sp³-hybridized carbons (Fsp3) is 0.455. The third-order valence-electron chi connectivity index (χ3n) is 1.97. The maximum atomic E-state index is 9.00. The van der Waals surface area contributed by atoms with Gasteiger partial charge in [0, 0.05) is 67.3 Å². The Labute approximate surface area is 222 Å². The van der Waals surface area contributed by atoms with E-state index in [0.29, 0.717) is 6.54 Å². The first-order valence-corrected chi connectivity index (χ1v) is 10.6. The quantitative estimate of drug-likeness (QED) is 0.131. The number of nitrogens with one attached hydrogen (secondary N) is 2. The van der Waals surface area contributed by atoms with E-state index in [9.17, 15) is 0 Å². The molecule has 37 heavy (non-hydrogen) atoms. The normalized spacial score (nSPS) is 7.51. The van der Waals surface area contributed by atoms with Gasteiger partial charge >= 0.3 is 0 Å². The predicted octanol–water partition coefficient (Wildman–Crippen LogP) is 1.18. The molecule has 0 aromatic heterocycles. The monoisotopic (exact) mass is 552 g/mol. The van der Waals surface area contributed by atoms with Gasteiger partial charge in [-0.3, -0.25) is 24.0 Å². The van der Waals surface area contributed by atoms with Crippen molar-refractivity contribution in [1.29, 1.82) is 5.26 Å². The van der Waals surface area contributed by atoms with Crippen molar-refractivity contribution >= 4 is 42.5 Å². The smallest absolute Gasteiger partial charge is 0.300 e. The van der Waals surface area contributed by atoms with E-state index in [2.05, 4.69) is 47.5 Å². The molecule has 0 saturated heterocycles. The SMILES string of the molecule is CC(=O)O.CC(=O)O.CC(=O)O.CC(=O)O.CC(=O)O.N#CS.NCCNCCNCc1ccccc1. The number of carboxylic acid groups (broad SMARTS) is 5. The number of thiocyanates is 1. The fourth-order valence-corrected chi connectivity index (χ4v) is 1.23. The summed E-state index contributed by atoms with van der Waals surface area (Å²) >= 11 is 3.09. The van der Waals surface area contributed by atoms with Crippen LogP contribution in [-0.4, -0.2) is 81.6 Å². The number of carboxylic acids is 5. The van der Waals surface area contributed by atoms with Crippen LogP contribution in [0.1, 0.15) is 40.2 Å². The van der Waals surface area contributed by atoms with E-state index in [0.717, 1.165) is 60.8 Å². The Balaban J connectivity index is -0.0000000870. The topological polar surface area (TPSA) is 260 Å². The molecule has 14 nitrogen and oxygen atoms in total. The molecule has 0 aliphatic carbocycles. The number of nitriles is 1. The Morgan fingerprint density at radius 1 is 0.730 bits per heavy atom. The predicted molar refractivity (Wildman–Crippen MR) is 141 cm³/mol. The lowest BCUT2D eigenvalue weighted by Crippen LogP contribution is -2.30. The van der Waals surface area contributed by atoms with Crippen LogP contribution in [0.3, 0.4) is 0 Å². The zero-order valence-corrected chi connectivity index (χ0v) is 22.6. The van der Waals surface area contributed by atoms with E-state index in [1.807, 2.05) is 6.07 Å². The fourth-order valence-electron chi connectivity index (χ4n) is 1.23.